The van der Waals surface area contributed by atoms with Crippen LogP contribution in [0.1, 0.15) is 12.5 Å². The third-order valence-electron chi connectivity index (χ3n) is 3.32. The Labute approximate surface area is 139 Å². The van der Waals surface area contributed by atoms with Gasteiger partial charge in [-0.05, 0) is 39.7 Å². The van der Waals surface area contributed by atoms with Crippen molar-refractivity contribution in [3.8, 4) is 5.75 Å². The second-order valence-corrected chi connectivity index (χ2v) is 7.51. The van der Waals surface area contributed by atoms with E-state index in [1.54, 1.807) is 25.3 Å². The van der Waals surface area contributed by atoms with Crippen LogP contribution in [0.2, 0.25) is 0 Å². The maximum Gasteiger partial charge on any atom is 0.243 e. The number of rotatable bonds is 6. The molecule has 4 nitrogen and oxygen atoms in total. The van der Waals surface area contributed by atoms with E-state index in [-0.39, 0.29) is 4.90 Å². The molecule has 0 aliphatic rings. The Balaban J connectivity index is 2.32. The molecule has 0 unspecified atom stereocenters. The fourth-order valence-corrected chi connectivity index (χ4v) is 4.27. The van der Waals surface area contributed by atoms with Gasteiger partial charge in [-0.1, -0.05) is 37.3 Å². The summed E-state index contributed by atoms with van der Waals surface area (Å²) < 4.78 is 32.8. The van der Waals surface area contributed by atoms with Crippen molar-refractivity contribution in [3.63, 3.8) is 0 Å². The van der Waals surface area contributed by atoms with Crippen LogP contribution in [0.5, 0.6) is 5.75 Å². The summed E-state index contributed by atoms with van der Waals surface area (Å²) in [5.74, 6) is 0.602. The Hall–Kier alpha value is -1.37. The summed E-state index contributed by atoms with van der Waals surface area (Å²) >= 11 is 3.33. The minimum Gasteiger partial charge on any atom is -0.496 e. The first kappa shape index (κ1) is 17.0. The van der Waals surface area contributed by atoms with Crippen molar-refractivity contribution < 1.29 is 13.2 Å². The van der Waals surface area contributed by atoms with Crippen LogP contribution < -0.4 is 4.74 Å². The average molecular weight is 384 g/mol. The van der Waals surface area contributed by atoms with Crippen molar-refractivity contribution in [3.05, 3.63) is 58.6 Å². The standard InChI is InChI=1S/C16H18BrNO3S/c1-3-18(12-13-7-5-4-6-8-13)22(19,20)14-9-10-16(21-2)15(17)11-14/h4-11H,3,12H2,1-2H3. The van der Waals surface area contributed by atoms with Gasteiger partial charge >= 0.3 is 0 Å². The molecule has 2 aromatic carbocycles. The fourth-order valence-electron chi connectivity index (χ4n) is 2.11. The first-order valence-corrected chi connectivity index (χ1v) is 9.10. The van der Waals surface area contributed by atoms with Gasteiger partial charge in [0.2, 0.25) is 10.0 Å². The maximum absolute atomic E-state index is 12.8. The Morgan fingerprint density at radius 3 is 2.36 bits per heavy atom. The molecule has 0 aliphatic carbocycles. The lowest BCUT2D eigenvalue weighted by Gasteiger charge is -2.21. The topological polar surface area (TPSA) is 46.6 Å². The van der Waals surface area contributed by atoms with Gasteiger partial charge in [-0.2, -0.15) is 4.31 Å². The van der Waals surface area contributed by atoms with E-state index in [0.29, 0.717) is 23.3 Å². The molecular formula is C16H18BrNO3S. The summed E-state index contributed by atoms with van der Waals surface area (Å²) in [6.45, 7) is 2.59. The van der Waals surface area contributed by atoms with Gasteiger partial charge in [0.15, 0.2) is 0 Å². The molecule has 0 saturated carbocycles. The van der Waals surface area contributed by atoms with Gasteiger partial charge in [-0.25, -0.2) is 8.42 Å². The minimum absolute atomic E-state index is 0.248. The number of ether oxygens (including phenoxy) is 1. The molecule has 118 valence electrons. The smallest absolute Gasteiger partial charge is 0.243 e. The SMILES string of the molecule is CCN(Cc1ccccc1)S(=O)(=O)c1ccc(OC)c(Br)c1. The molecule has 6 heteroatoms. The summed E-state index contributed by atoms with van der Waals surface area (Å²) in [5.41, 5.74) is 0.959. The van der Waals surface area contributed by atoms with E-state index in [0.717, 1.165) is 5.56 Å². The average Bonchev–Trinajstić information content (AvgIpc) is 2.53. The summed E-state index contributed by atoms with van der Waals surface area (Å²) in [6.07, 6.45) is 0. The minimum atomic E-state index is -3.55. The molecule has 0 saturated heterocycles. The predicted molar refractivity (Wildman–Crippen MR) is 90.4 cm³/mol. The zero-order chi connectivity index (χ0) is 16.2. The lowest BCUT2D eigenvalue weighted by molar-refractivity contribution is 0.410. The molecule has 0 aromatic heterocycles. The third kappa shape index (κ3) is 3.69. The molecule has 0 fully saturated rings. The van der Waals surface area contributed by atoms with Crippen LogP contribution in [-0.4, -0.2) is 26.4 Å². The molecule has 0 heterocycles. The molecule has 22 heavy (non-hydrogen) atoms. The summed E-state index contributed by atoms with van der Waals surface area (Å²) in [5, 5.41) is 0. The van der Waals surface area contributed by atoms with E-state index in [1.165, 1.54) is 4.31 Å². The molecule has 2 aromatic rings. The van der Waals surface area contributed by atoms with E-state index < -0.39 is 10.0 Å². The number of benzene rings is 2. The van der Waals surface area contributed by atoms with Crippen molar-refractivity contribution in [2.45, 2.75) is 18.4 Å². The van der Waals surface area contributed by atoms with Crippen molar-refractivity contribution in [1.82, 2.24) is 4.31 Å². The summed E-state index contributed by atoms with van der Waals surface area (Å²) in [6, 6.07) is 14.3. The lowest BCUT2D eigenvalue weighted by Crippen LogP contribution is -2.30. The van der Waals surface area contributed by atoms with E-state index in [4.69, 9.17) is 4.74 Å². The van der Waals surface area contributed by atoms with Gasteiger partial charge in [0.05, 0.1) is 16.5 Å². The molecule has 0 bridgehead atoms. The van der Waals surface area contributed by atoms with Gasteiger partial charge in [0.1, 0.15) is 5.75 Å². The normalized spacial score (nSPS) is 11.6. The molecule has 0 amide bonds. The van der Waals surface area contributed by atoms with Crippen LogP contribution in [0.15, 0.2) is 57.9 Å². The Bertz CT molecular complexity index is 732. The van der Waals surface area contributed by atoms with Crippen molar-refractivity contribution in [2.75, 3.05) is 13.7 Å². The largest absolute Gasteiger partial charge is 0.496 e. The third-order valence-corrected chi connectivity index (χ3v) is 5.85. The monoisotopic (exact) mass is 383 g/mol. The Kier molecular flexibility index (Phi) is 5.61. The van der Waals surface area contributed by atoms with Crippen LogP contribution in [-0.2, 0) is 16.6 Å². The van der Waals surface area contributed by atoms with E-state index in [9.17, 15) is 8.42 Å². The van der Waals surface area contributed by atoms with E-state index in [2.05, 4.69) is 15.9 Å². The van der Waals surface area contributed by atoms with Crippen molar-refractivity contribution in [1.29, 1.82) is 0 Å². The first-order chi connectivity index (χ1) is 10.5. The number of halogens is 1. The summed E-state index contributed by atoms with van der Waals surface area (Å²) in [4.78, 5) is 0.248. The van der Waals surface area contributed by atoms with Crippen molar-refractivity contribution in [2.24, 2.45) is 0 Å². The second-order valence-electron chi connectivity index (χ2n) is 4.71. The molecular weight excluding hydrogens is 366 g/mol. The van der Waals surface area contributed by atoms with Crippen LogP contribution >= 0.6 is 15.9 Å². The zero-order valence-electron chi connectivity index (χ0n) is 12.5. The predicted octanol–water partition coefficient (Wildman–Crippen LogP) is 3.67. The highest BCUT2D eigenvalue weighted by molar-refractivity contribution is 9.10. The molecule has 0 radical (unpaired) electrons. The van der Waals surface area contributed by atoms with Gasteiger partial charge in [-0.3, -0.25) is 0 Å². The maximum atomic E-state index is 12.8. The van der Waals surface area contributed by atoms with Gasteiger partial charge in [0.25, 0.3) is 0 Å². The van der Waals surface area contributed by atoms with Crippen LogP contribution in [0, 0.1) is 0 Å². The number of sulfonamides is 1. The molecule has 0 spiro atoms. The number of hydrogen-bond acceptors (Lipinski definition) is 3. The lowest BCUT2D eigenvalue weighted by atomic mass is 10.2. The van der Waals surface area contributed by atoms with E-state index >= 15 is 0 Å². The quantitative estimate of drug-likeness (QED) is 0.764. The number of methoxy groups -OCH3 is 1. The summed E-state index contributed by atoms with van der Waals surface area (Å²) in [7, 11) is -2.01. The van der Waals surface area contributed by atoms with Crippen LogP contribution in [0.25, 0.3) is 0 Å². The molecule has 0 N–H and O–H groups in total. The van der Waals surface area contributed by atoms with Gasteiger partial charge in [0, 0.05) is 13.1 Å². The van der Waals surface area contributed by atoms with Crippen LogP contribution in [0.3, 0.4) is 0 Å². The highest BCUT2D eigenvalue weighted by Gasteiger charge is 2.24. The number of hydrogen-bond donors (Lipinski definition) is 0. The van der Waals surface area contributed by atoms with Gasteiger partial charge in [-0.15, -0.1) is 0 Å². The molecule has 0 atom stereocenters. The Morgan fingerprint density at radius 2 is 1.82 bits per heavy atom. The first-order valence-electron chi connectivity index (χ1n) is 6.86. The van der Waals surface area contributed by atoms with E-state index in [1.807, 2.05) is 37.3 Å². The highest BCUT2D eigenvalue weighted by Crippen LogP contribution is 2.29. The van der Waals surface area contributed by atoms with Crippen LogP contribution in [0.4, 0.5) is 0 Å². The molecule has 2 rings (SSSR count). The highest BCUT2D eigenvalue weighted by atomic mass is 79.9. The molecule has 0 aliphatic heterocycles. The number of nitrogens with zero attached hydrogens (tertiary/aromatic N) is 1. The second kappa shape index (κ2) is 7.26. The van der Waals surface area contributed by atoms with Gasteiger partial charge < -0.3 is 4.74 Å². The van der Waals surface area contributed by atoms with Crippen molar-refractivity contribution >= 4 is 26.0 Å². The fraction of sp³-hybridized carbons (Fsp3) is 0.250. The zero-order valence-corrected chi connectivity index (χ0v) is 14.9. The Morgan fingerprint density at radius 1 is 1.14 bits per heavy atom.